The van der Waals surface area contributed by atoms with E-state index in [9.17, 15) is 14.0 Å². The van der Waals surface area contributed by atoms with E-state index in [2.05, 4.69) is 15.5 Å². The molecule has 0 bridgehead atoms. The number of nitrogens with zero attached hydrogens (tertiary/aromatic N) is 1. The molecule has 2 aliphatic rings. The molecule has 2 amide bonds. The average Bonchev–Trinajstić information content (AvgIpc) is 3.44. The van der Waals surface area contributed by atoms with E-state index in [1.165, 1.54) is 25.0 Å². The van der Waals surface area contributed by atoms with E-state index < -0.39 is 5.82 Å². The van der Waals surface area contributed by atoms with Gasteiger partial charge in [0.1, 0.15) is 5.82 Å². The highest BCUT2D eigenvalue weighted by Crippen LogP contribution is 2.35. The number of hydrogen-bond donors (Lipinski definition) is 2. The summed E-state index contributed by atoms with van der Waals surface area (Å²) in [6.45, 7) is 4.34. The zero-order chi connectivity index (χ0) is 20.8. The molecular formula is C22H32FN3O3. The van der Waals surface area contributed by atoms with E-state index in [1.54, 1.807) is 13.2 Å². The van der Waals surface area contributed by atoms with E-state index >= 15 is 0 Å². The van der Waals surface area contributed by atoms with Crippen LogP contribution in [0.3, 0.4) is 0 Å². The highest BCUT2D eigenvalue weighted by atomic mass is 19.1. The Labute approximate surface area is 172 Å². The smallest absolute Gasteiger partial charge is 0.251 e. The fourth-order valence-electron chi connectivity index (χ4n) is 4.07. The van der Waals surface area contributed by atoms with Gasteiger partial charge >= 0.3 is 0 Å². The summed E-state index contributed by atoms with van der Waals surface area (Å²) in [4.78, 5) is 27.2. The highest BCUT2D eigenvalue weighted by Gasteiger charge is 2.38. The number of rotatable bonds is 10. The van der Waals surface area contributed by atoms with Crippen molar-refractivity contribution in [2.24, 2.45) is 5.92 Å². The molecule has 7 heteroatoms. The number of aryl methyl sites for hydroxylation is 1. The van der Waals surface area contributed by atoms with Crippen molar-refractivity contribution in [1.29, 1.82) is 0 Å². The average molecular weight is 406 g/mol. The minimum atomic E-state index is -0.406. The molecule has 0 unspecified atom stereocenters. The fraction of sp³-hybridized carbons (Fsp3) is 0.636. The molecule has 0 aromatic heterocycles. The third-order valence-corrected chi connectivity index (χ3v) is 5.93. The highest BCUT2D eigenvalue weighted by molar-refractivity contribution is 5.95. The van der Waals surface area contributed by atoms with Gasteiger partial charge in [0.05, 0.1) is 6.61 Å². The van der Waals surface area contributed by atoms with E-state index in [0.29, 0.717) is 37.6 Å². The molecule has 29 heavy (non-hydrogen) atoms. The lowest BCUT2D eigenvalue weighted by atomic mass is 10.1. The maximum atomic E-state index is 13.5. The van der Waals surface area contributed by atoms with Crippen molar-refractivity contribution in [3.8, 4) is 0 Å². The molecular weight excluding hydrogens is 373 g/mol. The molecule has 1 aromatic carbocycles. The van der Waals surface area contributed by atoms with Crippen LogP contribution in [0.5, 0.6) is 0 Å². The molecule has 3 rings (SSSR count). The van der Waals surface area contributed by atoms with E-state index in [1.807, 2.05) is 6.92 Å². The third kappa shape index (κ3) is 6.24. The Morgan fingerprint density at radius 3 is 2.66 bits per heavy atom. The van der Waals surface area contributed by atoms with Crippen LogP contribution in [0.2, 0.25) is 0 Å². The maximum absolute atomic E-state index is 13.5. The summed E-state index contributed by atoms with van der Waals surface area (Å²) >= 11 is 0. The first-order valence-corrected chi connectivity index (χ1v) is 10.5. The van der Waals surface area contributed by atoms with Gasteiger partial charge in [0.25, 0.3) is 5.91 Å². The Balaban J connectivity index is 1.55. The number of halogens is 1. The molecule has 2 atom stereocenters. The van der Waals surface area contributed by atoms with Crippen molar-refractivity contribution < 1.29 is 18.7 Å². The van der Waals surface area contributed by atoms with E-state index in [0.717, 1.165) is 24.9 Å². The lowest BCUT2D eigenvalue weighted by molar-refractivity contribution is -0.122. The number of likely N-dealkylation sites (tertiary alicyclic amines) is 1. The van der Waals surface area contributed by atoms with Crippen LogP contribution in [-0.2, 0) is 9.53 Å². The molecule has 0 spiro atoms. The zero-order valence-corrected chi connectivity index (χ0v) is 17.4. The Morgan fingerprint density at radius 2 is 1.93 bits per heavy atom. The van der Waals surface area contributed by atoms with Crippen LogP contribution in [-0.4, -0.2) is 62.1 Å². The lowest BCUT2D eigenvalue weighted by Gasteiger charge is -2.30. The van der Waals surface area contributed by atoms with Crippen LogP contribution >= 0.6 is 0 Å². The molecule has 1 saturated heterocycles. The number of nitrogens with one attached hydrogen (secondary N) is 2. The second-order valence-electron chi connectivity index (χ2n) is 8.24. The number of methoxy groups -OCH3 is 1. The van der Waals surface area contributed by atoms with Gasteiger partial charge in [-0.3, -0.25) is 14.5 Å². The van der Waals surface area contributed by atoms with Gasteiger partial charge in [0.15, 0.2) is 0 Å². The SMILES string of the molecule is COCCNC(=O)C[C@H]1CC[C@@H](CNC(=O)c2cc(F)ccc2C)N1CC1CC1. The predicted octanol–water partition coefficient (Wildman–Crippen LogP) is 2.26. The fourth-order valence-corrected chi connectivity index (χ4v) is 4.07. The maximum Gasteiger partial charge on any atom is 0.251 e. The summed E-state index contributed by atoms with van der Waals surface area (Å²) in [5.74, 6) is 0.106. The molecule has 1 aliphatic heterocycles. The van der Waals surface area contributed by atoms with Crippen LogP contribution in [0, 0.1) is 18.7 Å². The van der Waals surface area contributed by atoms with Crippen LogP contribution < -0.4 is 10.6 Å². The van der Waals surface area contributed by atoms with Crippen LogP contribution in [0.4, 0.5) is 4.39 Å². The van der Waals surface area contributed by atoms with E-state index in [-0.39, 0.29) is 23.9 Å². The minimum Gasteiger partial charge on any atom is -0.383 e. The number of carbonyl (C=O) groups excluding carboxylic acids is 2. The molecule has 0 radical (unpaired) electrons. The number of hydrogen-bond acceptors (Lipinski definition) is 4. The molecule has 1 saturated carbocycles. The Kier molecular flexibility index (Phi) is 7.61. The minimum absolute atomic E-state index is 0.0490. The summed E-state index contributed by atoms with van der Waals surface area (Å²) < 4.78 is 18.5. The largest absolute Gasteiger partial charge is 0.383 e. The van der Waals surface area contributed by atoms with Crippen molar-refractivity contribution in [2.75, 3.05) is 33.4 Å². The summed E-state index contributed by atoms with van der Waals surface area (Å²) in [6.07, 6.45) is 4.86. The number of amides is 2. The van der Waals surface area contributed by atoms with Gasteiger partial charge in [-0.25, -0.2) is 4.39 Å². The molecule has 2 N–H and O–H groups in total. The molecule has 6 nitrogen and oxygen atoms in total. The number of benzene rings is 1. The van der Waals surface area contributed by atoms with Crippen molar-refractivity contribution >= 4 is 11.8 Å². The topological polar surface area (TPSA) is 70.7 Å². The van der Waals surface area contributed by atoms with Crippen molar-refractivity contribution in [3.05, 3.63) is 35.1 Å². The molecule has 1 heterocycles. The van der Waals surface area contributed by atoms with Gasteiger partial charge in [-0.2, -0.15) is 0 Å². The summed E-state index contributed by atoms with van der Waals surface area (Å²) in [7, 11) is 1.62. The number of ether oxygens (including phenoxy) is 1. The first-order chi connectivity index (χ1) is 14.0. The van der Waals surface area contributed by atoms with Crippen LogP contribution in [0.15, 0.2) is 18.2 Å². The van der Waals surface area contributed by atoms with Crippen LogP contribution in [0.25, 0.3) is 0 Å². The quantitative estimate of drug-likeness (QED) is 0.586. The van der Waals surface area contributed by atoms with Crippen molar-refractivity contribution in [3.63, 3.8) is 0 Å². The predicted molar refractivity (Wildman–Crippen MR) is 109 cm³/mol. The monoisotopic (exact) mass is 405 g/mol. The molecule has 160 valence electrons. The Morgan fingerprint density at radius 1 is 1.17 bits per heavy atom. The third-order valence-electron chi connectivity index (χ3n) is 5.93. The zero-order valence-electron chi connectivity index (χ0n) is 17.4. The first-order valence-electron chi connectivity index (χ1n) is 10.5. The first kappa shape index (κ1) is 21.7. The Hall–Kier alpha value is -1.99. The van der Waals surface area contributed by atoms with E-state index in [4.69, 9.17) is 4.74 Å². The van der Waals surface area contributed by atoms with Crippen molar-refractivity contribution in [2.45, 2.75) is 51.1 Å². The second kappa shape index (κ2) is 10.2. The van der Waals surface area contributed by atoms with Gasteiger partial charge in [0.2, 0.25) is 5.91 Å². The van der Waals surface area contributed by atoms with Crippen LogP contribution in [0.1, 0.15) is 48.0 Å². The molecule has 2 fully saturated rings. The van der Waals surface area contributed by atoms with Gasteiger partial charge in [-0.1, -0.05) is 6.07 Å². The summed E-state index contributed by atoms with van der Waals surface area (Å²) in [6, 6.07) is 4.69. The second-order valence-corrected chi connectivity index (χ2v) is 8.24. The molecule has 1 aromatic rings. The summed E-state index contributed by atoms with van der Waals surface area (Å²) in [5, 5.41) is 5.89. The Bertz CT molecular complexity index is 723. The van der Waals surface area contributed by atoms with Gasteiger partial charge < -0.3 is 15.4 Å². The van der Waals surface area contributed by atoms with Gasteiger partial charge in [-0.15, -0.1) is 0 Å². The lowest BCUT2D eigenvalue weighted by Crippen LogP contribution is -2.45. The van der Waals surface area contributed by atoms with Gasteiger partial charge in [-0.05, 0) is 56.2 Å². The standard InChI is InChI=1S/C22H32FN3O3/c1-15-3-6-17(23)11-20(15)22(28)25-13-19-8-7-18(26(19)14-16-4-5-16)12-21(27)24-9-10-29-2/h3,6,11,16,18-19H,4-5,7-10,12-14H2,1-2H3,(H,24,27)(H,25,28)/t18-,19+/m1/s1. The normalized spacial score (nSPS) is 21.9. The van der Waals surface area contributed by atoms with Crippen molar-refractivity contribution in [1.82, 2.24) is 15.5 Å². The summed E-state index contributed by atoms with van der Waals surface area (Å²) in [5.41, 5.74) is 1.14. The van der Waals surface area contributed by atoms with Gasteiger partial charge in [0, 0.05) is 50.8 Å². The molecule has 1 aliphatic carbocycles. The number of carbonyl (C=O) groups is 2.